The summed E-state index contributed by atoms with van der Waals surface area (Å²) in [6, 6.07) is 15.2. The van der Waals surface area contributed by atoms with Crippen LogP contribution in [0.4, 0.5) is 5.69 Å². The number of aryl methyl sites for hydroxylation is 2. The normalized spacial score (nSPS) is 11.6. The van der Waals surface area contributed by atoms with Crippen LogP contribution in [0.1, 0.15) is 36.5 Å². The van der Waals surface area contributed by atoms with Crippen LogP contribution in [0.2, 0.25) is 0 Å². The Morgan fingerprint density at radius 1 is 1.04 bits per heavy atom. The van der Waals surface area contributed by atoms with Gasteiger partial charge in [0.25, 0.3) is 0 Å². The lowest BCUT2D eigenvalue weighted by Crippen LogP contribution is -2.26. The Morgan fingerprint density at radius 2 is 1.70 bits per heavy atom. The van der Waals surface area contributed by atoms with E-state index in [-0.39, 0.29) is 18.9 Å². The second-order valence-corrected chi connectivity index (χ2v) is 8.05. The Labute approximate surface area is 161 Å². The molecular formula is C21H26N2O3S. The summed E-state index contributed by atoms with van der Waals surface area (Å²) in [5.74, 6) is -0.233. The molecule has 0 radical (unpaired) electrons. The number of carbonyl (C=O) groups excluding carboxylic acids is 1. The second-order valence-electron chi connectivity index (χ2n) is 6.40. The van der Waals surface area contributed by atoms with Gasteiger partial charge in [-0.3, -0.25) is 4.79 Å². The molecule has 0 saturated heterocycles. The smallest absolute Gasteiger partial charge is 0.233 e. The minimum Gasteiger partial charge on any atom is -0.326 e. The number of anilines is 1. The average molecular weight is 387 g/mol. The van der Waals surface area contributed by atoms with E-state index < -0.39 is 10.0 Å². The molecule has 1 amide bonds. The van der Waals surface area contributed by atoms with Gasteiger partial charge in [0.15, 0.2) is 0 Å². The van der Waals surface area contributed by atoms with Gasteiger partial charge in [0.1, 0.15) is 0 Å². The predicted octanol–water partition coefficient (Wildman–Crippen LogP) is 3.87. The molecule has 27 heavy (non-hydrogen) atoms. The first-order valence-electron chi connectivity index (χ1n) is 9.01. The molecule has 0 aliphatic heterocycles. The summed E-state index contributed by atoms with van der Waals surface area (Å²) >= 11 is 0. The quantitative estimate of drug-likeness (QED) is 0.687. The zero-order chi connectivity index (χ0) is 19.7. The van der Waals surface area contributed by atoms with Gasteiger partial charge in [0.2, 0.25) is 15.9 Å². The molecule has 0 aliphatic rings. The van der Waals surface area contributed by atoms with Gasteiger partial charge in [-0.2, -0.15) is 0 Å². The summed E-state index contributed by atoms with van der Waals surface area (Å²) in [5, 5.41) is 3.88. The zero-order valence-corrected chi connectivity index (χ0v) is 16.6. The van der Waals surface area contributed by atoms with Crippen LogP contribution in [0.15, 0.2) is 53.9 Å². The molecule has 0 bridgehead atoms. The number of carbonyl (C=O) groups is 1. The van der Waals surface area contributed by atoms with Crippen LogP contribution in [0, 0.1) is 6.92 Å². The minimum absolute atomic E-state index is 0.0420. The number of sulfonamides is 1. The highest BCUT2D eigenvalue weighted by Crippen LogP contribution is 2.11. The number of hydrogen-bond donors (Lipinski definition) is 2. The highest BCUT2D eigenvalue weighted by atomic mass is 32.2. The van der Waals surface area contributed by atoms with Crippen LogP contribution >= 0.6 is 0 Å². The Kier molecular flexibility index (Phi) is 7.76. The summed E-state index contributed by atoms with van der Waals surface area (Å²) in [5.41, 5.74) is 3.85. The van der Waals surface area contributed by atoms with E-state index in [0.29, 0.717) is 5.69 Å². The van der Waals surface area contributed by atoms with E-state index in [0.717, 1.165) is 29.4 Å². The lowest BCUT2D eigenvalue weighted by Gasteiger charge is -2.07. The maximum absolute atomic E-state index is 12.0. The number of rotatable bonds is 9. The summed E-state index contributed by atoms with van der Waals surface area (Å²) in [6.07, 6.45) is 3.67. The number of amides is 1. The zero-order valence-electron chi connectivity index (χ0n) is 15.7. The molecule has 2 rings (SSSR count). The van der Waals surface area contributed by atoms with E-state index in [9.17, 15) is 13.2 Å². The van der Waals surface area contributed by atoms with Gasteiger partial charge in [-0.05, 0) is 42.7 Å². The van der Waals surface area contributed by atoms with Crippen molar-refractivity contribution in [1.29, 1.82) is 0 Å². The van der Waals surface area contributed by atoms with Crippen molar-refractivity contribution in [2.24, 2.45) is 0 Å². The standard InChI is InChI=1S/C21H26N2O3S/c1-3-4-18-9-11-20(12-10-18)23-21(24)13-15-22-27(25,26)16-14-19-7-5-17(2)6-8-19/h5-12,14,16,22H,3-4,13,15H2,1-2H3,(H,23,24)/b16-14+. The van der Waals surface area contributed by atoms with Gasteiger partial charge in [0, 0.05) is 24.1 Å². The molecule has 2 N–H and O–H groups in total. The Balaban J connectivity index is 1.78. The van der Waals surface area contributed by atoms with E-state index in [4.69, 9.17) is 0 Å². The first-order chi connectivity index (χ1) is 12.9. The van der Waals surface area contributed by atoms with Crippen molar-refractivity contribution in [1.82, 2.24) is 4.72 Å². The molecule has 5 nitrogen and oxygen atoms in total. The van der Waals surface area contributed by atoms with Crippen LogP contribution in [0.3, 0.4) is 0 Å². The van der Waals surface area contributed by atoms with Crippen molar-refractivity contribution in [3.05, 3.63) is 70.6 Å². The van der Waals surface area contributed by atoms with Crippen LogP contribution < -0.4 is 10.0 Å². The van der Waals surface area contributed by atoms with E-state index in [1.165, 1.54) is 11.6 Å². The maximum Gasteiger partial charge on any atom is 0.233 e. The van der Waals surface area contributed by atoms with Crippen LogP contribution in [0.5, 0.6) is 0 Å². The van der Waals surface area contributed by atoms with Gasteiger partial charge in [-0.15, -0.1) is 0 Å². The van der Waals surface area contributed by atoms with Crippen molar-refractivity contribution in [3.8, 4) is 0 Å². The molecule has 2 aromatic carbocycles. The first kappa shape index (κ1) is 20.9. The number of hydrogen-bond acceptors (Lipinski definition) is 3. The fourth-order valence-electron chi connectivity index (χ4n) is 2.47. The lowest BCUT2D eigenvalue weighted by molar-refractivity contribution is -0.116. The topological polar surface area (TPSA) is 75.3 Å². The van der Waals surface area contributed by atoms with E-state index in [1.54, 1.807) is 0 Å². The fourth-order valence-corrected chi connectivity index (χ4v) is 3.29. The van der Waals surface area contributed by atoms with Crippen LogP contribution in [0.25, 0.3) is 6.08 Å². The molecule has 0 saturated carbocycles. The van der Waals surface area contributed by atoms with Crippen molar-refractivity contribution >= 4 is 27.7 Å². The molecule has 144 valence electrons. The molecule has 0 aliphatic carbocycles. The molecule has 0 unspecified atom stereocenters. The summed E-state index contributed by atoms with van der Waals surface area (Å²) in [4.78, 5) is 12.0. The molecule has 0 aromatic heterocycles. The van der Waals surface area contributed by atoms with Gasteiger partial charge < -0.3 is 5.32 Å². The third kappa shape index (κ3) is 7.76. The maximum atomic E-state index is 12.0. The van der Waals surface area contributed by atoms with E-state index in [2.05, 4.69) is 17.0 Å². The molecule has 0 fully saturated rings. The Bertz CT molecular complexity index is 871. The van der Waals surface area contributed by atoms with Crippen LogP contribution in [-0.4, -0.2) is 20.9 Å². The molecule has 6 heteroatoms. The predicted molar refractivity (Wildman–Crippen MR) is 111 cm³/mol. The lowest BCUT2D eigenvalue weighted by atomic mass is 10.1. The number of benzene rings is 2. The average Bonchev–Trinajstić information content (AvgIpc) is 2.63. The third-order valence-electron chi connectivity index (χ3n) is 3.95. The van der Waals surface area contributed by atoms with Crippen molar-refractivity contribution in [3.63, 3.8) is 0 Å². The summed E-state index contributed by atoms with van der Waals surface area (Å²) in [6.45, 7) is 4.13. The van der Waals surface area contributed by atoms with Crippen molar-refractivity contribution in [2.45, 2.75) is 33.1 Å². The van der Waals surface area contributed by atoms with E-state index in [1.807, 2.05) is 55.5 Å². The number of nitrogens with one attached hydrogen (secondary N) is 2. The molecule has 0 heterocycles. The van der Waals surface area contributed by atoms with Gasteiger partial charge in [0.05, 0.1) is 0 Å². The first-order valence-corrected chi connectivity index (χ1v) is 10.6. The molecule has 0 atom stereocenters. The van der Waals surface area contributed by atoms with Gasteiger partial charge in [-0.1, -0.05) is 55.3 Å². The highest BCUT2D eigenvalue weighted by molar-refractivity contribution is 7.92. The Hall–Kier alpha value is -2.44. The van der Waals surface area contributed by atoms with Crippen molar-refractivity contribution < 1.29 is 13.2 Å². The van der Waals surface area contributed by atoms with Gasteiger partial charge in [-0.25, -0.2) is 13.1 Å². The molecular weight excluding hydrogens is 360 g/mol. The van der Waals surface area contributed by atoms with Crippen molar-refractivity contribution in [2.75, 3.05) is 11.9 Å². The SMILES string of the molecule is CCCc1ccc(NC(=O)CCNS(=O)(=O)/C=C/c2ccc(C)cc2)cc1. The Morgan fingerprint density at radius 3 is 2.33 bits per heavy atom. The third-order valence-corrected chi connectivity index (χ3v) is 5.05. The van der Waals surface area contributed by atoms with Crippen LogP contribution in [-0.2, 0) is 21.2 Å². The molecule has 2 aromatic rings. The second kappa shape index (κ2) is 10.0. The fraction of sp³-hybridized carbons (Fsp3) is 0.286. The minimum atomic E-state index is -3.58. The molecule has 0 spiro atoms. The summed E-state index contributed by atoms with van der Waals surface area (Å²) in [7, 11) is -3.58. The monoisotopic (exact) mass is 386 g/mol. The summed E-state index contributed by atoms with van der Waals surface area (Å²) < 4.78 is 26.4. The largest absolute Gasteiger partial charge is 0.326 e. The van der Waals surface area contributed by atoms with Gasteiger partial charge >= 0.3 is 0 Å². The highest BCUT2D eigenvalue weighted by Gasteiger charge is 2.07. The van der Waals surface area contributed by atoms with E-state index >= 15 is 0 Å².